The van der Waals surface area contributed by atoms with E-state index in [9.17, 15) is 4.79 Å². The second-order valence-corrected chi connectivity index (χ2v) is 6.19. The Kier molecular flexibility index (Phi) is 4.47. The SMILES string of the molecule is CCn1nccc1C1CCCN1C(=O)Nc1ccccc1Br. The molecule has 1 saturated heterocycles. The summed E-state index contributed by atoms with van der Waals surface area (Å²) in [6.07, 6.45) is 3.80. The molecule has 5 nitrogen and oxygen atoms in total. The van der Waals surface area contributed by atoms with Gasteiger partial charge in [0.25, 0.3) is 0 Å². The number of anilines is 1. The number of carbonyl (C=O) groups is 1. The average Bonchev–Trinajstić information content (AvgIpc) is 3.17. The Morgan fingerprint density at radius 1 is 1.41 bits per heavy atom. The standard InChI is InChI=1S/C16H19BrN4O/c1-2-21-15(9-10-18-21)14-8-5-11-20(14)16(22)19-13-7-4-3-6-12(13)17/h3-4,6-7,9-10,14H,2,5,8,11H2,1H3,(H,19,22). The highest BCUT2D eigenvalue weighted by Gasteiger charge is 2.32. The molecule has 0 saturated carbocycles. The minimum Gasteiger partial charge on any atom is -0.316 e. The van der Waals surface area contributed by atoms with Crippen molar-refractivity contribution in [3.05, 3.63) is 46.7 Å². The predicted molar refractivity (Wildman–Crippen MR) is 89.7 cm³/mol. The number of hydrogen-bond donors (Lipinski definition) is 1. The summed E-state index contributed by atoms with van der Waals surface area (Å²) in [4.78, 5) is 14.5. The molecule has 2 heterocycles. The quantitative estimate of drug-likeness (QED) is 0.895. The fourth-order valence-corrected chi connectivity index (χ4v) is 3.34. The lowest BCUT2D eigenvalue weighted by Crippen LogP contribution is -2.35. The predicted octanol–water partition coefficient (Wildman–Crippen LogP) is 4.03. The molecule has 6 heteroatoms. The van der Waals surface area contributed by atoms with Gasteiger partial charge in [0.15, 0.2) is 0 Å². The van der Waals surface area contributed by atoms with Gasteiger partial charge < -0.3 is 10.2 Å². The first-order valence-electron chi connectivity index (χ1n) is 7.54. The number of aromatic nitrogens is 2. The van der Waals surface area contributed by atoms with Crippen LogP contribution < -0.4 is 5.32 Å². The second-order valence-electron chi connectivity index (χ2n) is 5.33. The number of likely N-dealkylation sites (tertiary alicyclic amines) is 1. The van der Waals surface area contributed by atoms with Gasteiger partial charge in [-0.1, -0.05) is 12.1 Å². The number of nitrogens with one attached hydrogen (secondary N) is 1. The van der Waals surface area contributed by atoms with Crippen molar-refractivity contribution in [1.82, 2.24) is 14.7 Å². The Labute approximate surface area is 138 Å². The molecule has 22 heavy (non-hydrogen) atoms. The number of halogens is 1. The van der Waals surface area contributed by atoms with Crippen molar-refractivity contribution in [3.63, 3.8) is 0 Å². The van der Waals surface area contributed by atoms with Gasteiger partial charge in [-0.15, -0.1) is 0 Å². The van der Waals surface area contributed by atoms with E-state index in [1.165, 1.54) is 0 Å². The highest BCUT2D eigenvalue weighted by atomic mass is 79.9. The zero-order chi connectivity index (χ0) is 15.5. The average molecular weight is 363 g/mol. The zero-order valence-corrected chi connectivity index (χ0v) is 14.1. The minimum atomic E-state index is -0.0572. The third-order valence-electron chi connectivity index (χ3n) is 4.02. The van der Waals surface area contributed by atoms with Crippen LogP contribution in [0.5, 0.6) is 0 Å². The van der Waals surface area contributed by atoms with Gasteiger partial charge in [0.05, 0.1) is 17.4 Å². The molecule has 0 radical (unpaired) electrons. The molecule has 1 N–H and O–H groups in total. The van der Waals surface area contributed by atoms with Gasteiger partial charge >= 0.3 is 6.03 Å². The van der Waals surface area contributed by atoms with Gasteiger partial charge in [0, 0.05) is 23.8 Å². The molecule has 1 unspecified atom stereocenters. The maximum atomic E-state index is 12.6. The van der Waals surface area contributed by atoms with Crippen LogP contribution in [-0.2, 0) is 6.54 Å². The summed E-state index contributed by atoms with van der Waals surface area (Å²) in [5.41, 5.74) is 1.91. The minimum absolute atomic E-state index is 0.0572. The van der Waals surface area contributed by atoms with E-state index in [0.717, 1.165) is 41.8 Å². The van der Waals surface area contributed by atoms with Crippen LogP contribution in [0, 0.1) is 0 Å². The zero-order valence-electron chi connectivity index (χ0n) is 12.5. The number of benzene rings is 1. The van der Waals surface area contributed by atoms with Crippen LogP contribution in [0.1, 0.15) is 31.5 Å². The first-order valence-corrected chi connectivity index (χ1v) is 8.34. The van der Waals surface area contributed by atoms with Crippen molar-refractivity contribution in [3.8, 4) is 0 Å². The molecule has 2 amide bonds. The van der Waals surface area contributed by atoms with Crippen LogP contribution >= 0.6 is 15.9 Å². The number of para-hydroxylation sites is 1. The summed E-state index contributed by atoms with van der Waals surface area (Å²) in [6.45, 7) is 3.66. The summed E-state index contributed by atoms with van der Waals surface area (Å²) in [5, 5.41) is 7.31. The van der Waals surface area contributed by atoms with Gasteiger partial charge in [-0.2, -0.15) is 5.10 Å². The first kappa shape index (κ1) is 15.1. The van der Waals surface area contributed by atoms with Gasteiger partial charge in [-0.3, -0.25) is 4.68 Å². The van der Waals surface area contributed by atoms with Crippen LogP contribution in [0.25, 0.3) is 0 Å². The third-order valence-corrected chi connectivity index (χ3v) is 4.71. The number of hydrogen-bond acceptors (Lipinski definition) is 2. The molecular formula is C16H19BrN4O. The lowest BCUT2D eigenvalue weighted by molar-refractivity contribution is 0.204. The van der Waals surface area contributed by atoms with Crippen LogP contribution in [0.4, 0.5) is 10.5 Å². The topological polar surface area (TPSA) is 50.2 Å². The lowest BCUT2D eigenvalue weighted by Gasteiger charge is -2.25. The van der Waals surface area contributed by atoms with Crippen molar-refractivity contribution in [1.29, 1.82) is 0 Å². The van der Waals surface area contributed by atoms with Crippen molar-refractivity contribution >= 4 is 27.6 Å². The maximum absolute atomic E-state index is 12.6. The van der Waals surface area contributed by atoms with Crippen LogP contribution in [-0.4, -0.2) is 27.3 Å². The number of carbonyl (C=O) groups excluding carboxylic acids is 1. The summed E-state index contributed by atoms with van der Waals surface area (Å²) in [5.74, 6) is 0. The molecule has 0 spiro atoms. The Bertz CT molecular complexity index is 670. The number of rotatable bonds is 3. The van der Waals surface area contributed by atoms with Crippen molar-refractivity contribution in [2.45, 2.75) is 32.4 Å². The molecule has 0 bridgehead atoms. The molecule has 1 aliphatic heterocycles. The van der Waals surface area contributed by atoms with Crippen molar-refractivity contribution in [2.24, 2.45) is 0 Å². The largest absolute Gasteiger partial charge is 0.322 e. The third kappa shape index (κ3) is 2.88. The maximum Gasteiger partial charge on any atom is 0.322 e. The second kappa shape index (κ2) is 6.52. The van der Waals surface area contributed by atoms with Gasteiger partial charge in [0.1, 0.15) is 0 Å². The smallest absolute Gasteiger partial charge is 0.316 e. The highest BCUT2D eigenvalue weighted by molar-refractivity contribution is 9.10. The molecule has 1 aromatic carbocycles. The van der Waals surface area contributed by atoms with Gasteiger partial charge in [-0.05, 0) is 53.9 Å². The van der Waals surface area contributed by atoms with E-state index in [-0.39, 0.29) is 12.1 Å². The fraction of sp³-hybridized carbons (Fsp3) is 0.375. The van der Waals surface area contributed by atoms with Crippen molar-refractivity contribution < 1.29 is 4.79 Å². The van der Waals surface area contributed by atoms with Gasteiger partial charge in [0.2, 0.25) is 0 Å². The van der Waals surface area contributed by atoms with E-state index < -0.39 is 0 Å². The van der Waals surface area contributed by atoms with E-state index in [0.29, 0.717) is 0 Å². The molecule has 3 rings (SSSR count). The van der Waals surface area contributed by atoms with E-state index in [4.69, 9.17) is 0 Å². The van der Waals surface area contributed by atoms with E-state index >= 15 is 0 Å². The molecule has 2 aromatic rings. The van der Waals surface area contributed by atoms with Crippen molar-refractivity contribution in [2.75, 3.05) is 11.9 Å². The molecule has 1 aromatic heterocycles. The van der Waals surface area contributed by atoms with E-state index in [2.05, 4.69) is 33.3 Å². The number of urea groups is 1. The Balaban J connectivity index is 1.78. The number of amides is 2. The highest BCUT2D eigenvalue weighted by Crippen LogP contribution is 2.32. The van der Waals surface area contributed by atoms with Crippen LogP contribution in [0.2, 0.25) is 0 Å². The van der Waals surface area contributed by atoms with Crippen LogP contribution in [0.3, 0.4) is 0 Å². The molecular weight excluding hydrogens is 344 g/mol. The Morgan fingerprint density at radius 3 is 3.00 bits per heavy atom. The summed E-state index contributed by atoms with van der Waals surface area (Å²) in [7, 11) is 0. The molecule has 0 aliphatic carbocycles. The molecule has 116 valence electrons. The van der Waals surface area contributed by atoms with E-state index in [1.54, 1.807) is 6.20 Å². The molecule has 1 fully saturated rings. The summed E-state index contributed by atoms with van der Waals surface area (Å²) < 4.78 is 2.85. The normalized spacial score (nSPS) is 17.7. The summed E-state index contributed by atoms with van der Waals surface area (Å²) >= 11 is 3.46. The van der Waals surface area contributed by atoms with Crippen LogP contribution in [0.15, 0.2) is 41.0 Å². The lowest BCUT2D eigenvalue weighted by atomic mass is 10.1. The monoisotopic (exact) mass is 362 g/mol. The van der Waals surface area contributed by atoms with Gasteiger partial charge in [-0.25, -0.2) is 4.79 Å². The molecule has 1 atom stereocenters. The first-order chi connectivity index (χ1) is 10.7. The summed E-state index contributed by atoms with van der Waals surface area (Å²) in [6, 6.07) is 9.71. The Hall–Kier alpha value is -1.82. The van der Waals surface area contributed by atoms with E-state index in [1.807, 2.05) is 39.9 Å². The number of aryl methyl sites for hydroxylation is 1. The fourth-order valence-electron chi connectivity index (χ4n) is 2.96. The molecule has 1 aliphatic rings. The Morgan fingerprint density at radius 2 is 2.23 bits per heavy atom. The number of nitrogens with zero attached hydrogens (tertiary/aromatic N) is 3.